The van der Waals surface area contributed by atoms with Crippen LogP contribution in [-0.2, 0) is 13.0 Å². The maximum absolute atomic E-state index is 4.74. The molecule has 0 saturated carbocycles. The molecule has 0 aliphatic rings. The first kappa shape index (κ1) is 14.1. The number of rotatable bonds is 4. The third kappa shape index (κ3) is 2.43. The van der Waals surface area contributed by atoms with Gasteiger partial charge in [-0.05, 0) is 26.0 Å². The van der Waals surface area contributed by atoms with Gasteiger partial charge in [-0.15, -0.1) is 11.3 Å². The Hall–Kier alpha value is -2.54. The summed E-state index contributed by atoms with van der Waals surface area (Å²) in [6.07, 6.45) is 2.23. The van der Waals surface area contributed by atoms with Gasteiger partial charge < -0.3 is 4.57 Å². The molecule has 0 radical (unpaired) electrons. The van der Waals surface area contributed by atoms with Crippen LogP contribution in [0.15, 0.2) is 36.0 Å². The number of hydrogen-bond acceptors (Lipinski definition) is 5. The second-order valence-corrected chi connectivity index (χ2v) is 6.33. The van der Waals surface area contributed by atoms with E-state index in [1.165, 1.54) is 0 Å². The van der Waals surface area contributed by atoms with Crippen LogP contribution < -0.4 is 0 Å². The average Bonchev–Trinajstić information content (AvgIpc) is 3.25. The molecule has 4 aromatic rings. The van der Waals surface area contributed by atoms with E-state index in [1.807, 2.05) is 29.8 Å². The van der Waals surface area contributed by atoms with Gasteiger partial charge in [0.15, 0.2) is 0 Å². The number of hydrogen-bond donors (Lipinski definition) is 0. The van der Waals surface area contributed by atoms with Crippen molar-refractivity contribution in [2.75, 3.05) is 0 Å². The van der Waals surface area contributed by atoms with Gasteiger partial charge in [-0.2, -0.15) is 9.78 Å². The molecule has 0 N–H and O–H groups in total. The number of thiazole rings is 1. The van der Waals surface area contributed by atoms with Crippen molar-refractivity contribution in [2.24, 2.45) is 0 Å². The van der Waals surface area contributed by atoms with Crippen molar-refractivity contribution in [3.05, 3.63) is 52.5 Å². The highest BCUT2D eigenvalue weighted by Gasteiger charge is 2.16. The first-order valence-corrected chi connectivity index (χ1v) is 8.39. The van der Waals surface area contributed by atoms with Crippen LogP contribution in [0.5, 0.6) is 0 Å². The fraction of sp³-hybridized carbons (Fsp3) is 0.250. The van der Waals surface area contributed by atoms with Gasteiger partial charge in [-0.1, -0.05) is 12.1 Å². The Morgan fingerprint density at radius 3 is 2.83 bits per heavy atom. The van der Waals surface area contributed by atoms with Crippen molar-refractivity contribution < 1.29 is 0 Å². The standard InChI is InChI=1S/C16H16N6S/c1-3-21-14-7-5-4-6-13(14)20-16(21)22-15(17-10-18-22)8-12-9-23-11(2)19-12/h4-7,9-10H,3,8H2,1-2H3. The maximum atomic E-state index is 4.74. The first-order chi connectivity index (χ1) is 11.3. The lowest BCUT2D eigenvalue weighted by Crippen LogP contribution is -2.11. The molecule has 3 heterocycles. The van der Waals surface area contributed by atoms with Crippen molar-refractivity contribution in [3.63, 3.8) is 0 Å². The lowest BCUT2D eigenvalue weighted by Gasteiger charge is -2.07. The molecular formula is C16H16N6S. The molecule has 0 aliphatic heterocycles. The monoisotopic (exact) mass is 324 g/mol. The maximum Gasteiger partial charge on any atom is 0.233 e. The van der Waals surface area contributed by atoms with E-state index in [1.54, 1.807) is 17.7 Å². The normalized spacial score (nSPS) is 11.4. The molecule has 6 nitrogen and oxygen atoms in total. The third-order valence-corrected chi connectivity index (χ3v) is 4.59. The summed E-state index contributed by atoms with van der Waals surface area (Å²) in [5, 5.41) is 7.52. The van der Waals surface area contributed by atoms with Gasteiger partial charge in [0.25, 0.3) is 0 Å². The number of fused-ring (bicyclic) bond motifs is 1. The van der Waals surface area contributed by atoms with Crippen LogP contribution in [0.4, 0.5) is 0 Å². The molecule has 23 heavy (non-hydrogen) atoms. The van der Waals surface area contributed by atoms with Gasteiger partial charge in [0.2, 0.25) is 5.95 Å². The van der Waals surface area contributed by atoms with Crippen LogP contribution in [0.3, 0.4) is 0 Å². The Morgan fingerprint density at radius 2 is 2.04 bits per heavy atom. The summed E-state index contributed by atoms with van der Waals surface area (Å²) in [5.41, 5.74) is 3.09. The quantitative estimate of drug-likeness (QED) is 0.579. The van der Waals surface area contributed by atoms with Gasteiger partial charge in [0.05, 0.1) is 28.2 Å². The van der Waals surface area contributed by atoms with Crippen molar-refractivity contribution in [3.8, 4) is 5.95 Å². The molecule has 0 bridgehead atoms. The number of nitrogens with zero attached hydrogens (tertiary/aromatic N) is 6. The Bertz CT molecular complexity index is 964. The predicted octanol–water partition coefficient (Wildman–Crippen LogP) is 2.99. The SMILES string of the molecule is CCn1c(-n2ncnc2Cc2csc(C)n2)nc2ccccc21. The molecule has 0 fully saturated rings. The number of para-hydroxylation sites is 2. The molecule has 1 aromatic carbocycles. The van der Waals surface area contributed by atoms with Crippen molar-refractivity contribution in [2.45, 2.75) is 26.8 Å². The fourth-order valence-corrected chi connectivity index (χ4v) is 3.35. The second kappa shape index (κ2) is 5.58. The van der Waals surface area contributed by atoms with Crippen LogP contribution in [0.1, 0.15) is 23.4 Å². The molecule has 0 spiro atoms. The van der Waals surface area contributed by atoms with E-state index < -0.39 is 0 Å². The Balaban J connectivity index is 1.81. The van der Waals surface area contributed by atoms with Crippen molar-refractivity contribution >= 4 is 22.4 Å². The third-order valence-electron chi connectivity index (χ3n) is 3.76. The summed E-state index contributed by atoms with van der Waals surface area (Å²) in [5.74, 6) is 1.65. The van der Waals surface area contributed by atoms with E-state index in [-0.39, 0.29) is 0 Å². The van der Waals surface area contributed by atoms with E-state index in [4.69, 9.17) is 4.98 Å². The van der Waals surface area contributed by atoms with Gasteiger partial charge in [-0.3, -0.25) is 0 Å². The zero-order valence-corrected chi connectivity index (χ0v) is 13.8. The number of aromatic nitrogens is 6. The van der Waals surface area contributed by atoms with Gasteiger partial charge in [0, 0.05) is 11.9 Å². The molecule has 7 heteroatoms. The van der Waals surface area contributed by atoms with Gasteiger partial charge in [0.1, 0.15) is 12.2 Å². The summed E-state index contributed by atoms with van der Waals surface area (Å²) < 4.78 is 3.97. The van der Waals surface area contributed by atoms with E-state index in [0.717, 1.165) is 40.1 Å². The summed E-state index contributed by atoms with van der Waals surface area (Å²) in [4.78, 5) is 13.7. The summed E-state index contributed by atoms with van der Waals surface area (Å²) >= 11 is 1.65. The second-order valence-electron chi connectivity index (χ2n) is 5.27. The Kier molecular flexibility index (Phi) is 3.42. The fourth-order valence-electron chi connectivity index (χ4n) is 2.74. The zero-order chi connectivity index (χ0) is 15.8. The molecule has 0 atom stereocenters. The Labute approximate surface area is 137 Å². The summed E-state index contributed by atoms with van der Waals surface area (Å²) in [6, 6.07) is 8.13. The minimum absolute atomic E-state index is 0.650. The van der Waals surface area contributed by atoms with Gasteiger partial charge in [-0.25, -0.2) is 15.0 Å². The predicted molar refractivity (Wildman–Crippen MR) is 90.0 cm³/mol. The topological polar surface area (TPSA) is 61.4 Å². The molecule has 0 unspecified atom stereocenters. The zero-order valence-electron chi connectivity index (χ0n) is 13.0. The highest BCUT2D eigenvalue weighted by Crippen LogP contribution is 2.20. The Morgan fingerprint density at radius 1 is 1.17 bits per heavy atom. The van der Waals surface area contributed by atoms with Gasteiger partial charge >= 0.3 is 0 Å². The molecule has 0 saturated heterocycles. The highest BCUT2D eigenvalue weighted by atomic mass is 32.1. The number of aryl methyl sites for hydroxylation is 2. The van der Waals surface area contributed by atoms with Crippen LogP contribution in [0.2, 0.25) is 0 Å². The molecule has 4 rings (SSSR count). The smallest absolute Gasteiger partial charge is 0.233 e. The van der Waals surface area contributed by atoms with Crippen LogP contribution in [0, 0.1) is 6.92 Å². The number of benzene rings is 1. The lowest BCUT2D eigenvalue weighted by molar-refractivity contribution is 0.679. The minimum atomic E-state index is 0.650. The molecule has 116 valence electrons. The first-order valence-electron chi connectivity index (χ1n) is 7.52. The van der Waals surface area contributed by atoms with Crippen molar-refractivity contribution in [1.29, 1.82) is 0 Å². The molecular weight excluding hydrogens is 308 g/mol. The molecule has 3 aromatic heterocycles. The van der Waals surface area contributed by atoms with E-state index >= 15 is 0 Å². The minimum Gasteiger partial charge on any atom is -0.309 e. The van der Waals surface area contributed by atoms with Crippen LogP contribution >= 0.6 is 11.3 Å². The summed E-state index contributed by atoms with van der Waals surface area (Å²) in [7, 11) is 0. The largest absolute Gasteiger partial charge is 0.309 e. The van der Waals surface area contributed by atoms with E-state index in [0.29, 0.717) is 6.42 Å². The van der Waals surface area contributed by atoms with E-state index in [9.17, 15) is 0 Å². The molecule has 0 amide bonds. The van der Waals surface area contributed by atoms with Crippen LogP contribution in [0.25, 0.3) is 17.0 Å². The summed E-state index contributed by atoms with van der Waals surface area (Å²) in [6.45, 7) is 4.94. The average molecular weight is 324 g/mol. The number of imidazole rings is 1. The highest BCUT2D eigenvalue weighted by molar-refractivity contribution is 7.09. The lowest BCUT2D eigenvalue weighted by atomic mass is 10.3. The molecule has 0 aliphatic carbocycles. The van der Waals surface area contributed by atoms with Crippen molar-refractivity contribution in [1.82, 2.24) is 29.3 Å². The van der Waals surface area contributed by atoms with E-state index in [2.05, 4.69) is 38.0 Å². The van der Waals surface area contributed by atoms with Crippen LogP contribution in [-0.4, -0.2) is 29.3 Å².